The third kappa shape index (κ3) is 5.84. The second-order valence-corrected chi connectivity index (χ2v) is 19.4. The van der Waals surface area contributed by atoms with Crippen molar-refractivity contribution in [3.8, 4) is 11.1 Å². The lowest BCUT2D eigenvalue weighted by molar-refractivity contribution is 0.668. The smallest absolute Gasteiger partial charge is 0.137 e. The van der Waals surface area contributed by atoms with E-state index in [2.05, 4.69) is 182 Å². The second kappa shape index (κ2) is 12.3. The quantitative estimate of drug-likeness (QED) is 0.124. The molecule has 9 rings (SSSR count). The van der Waals surface area contributed by atoms with Gasteiger partial charge in [-0.15, -0.1) is 0 Å². The average Bonchev–Trinajstić information content (AvgIpc) is 3.71. The molecule has 0 saturated carbocycles. The van der Waals surface area contributed by atoms with Crippen LogP contribution >= 0.6 is 0 Å². The number of hydrogen-bond donors (Lipinski definition) is 0. The summed E-state index contributed by atoms with van der Waals surface area (Å²) in [5, 5.41) is 5.95. The van der Waals surface area contributed by atoms with E-state index in [-0.39, 0.29) is 0 Å². The fraction of sp³-hybridized carbons (Fsp3) is 0.0638. The van der Waals surface area contributed by atoms with Gasteiger partial charge in [-0.3, -0.25) is 0 Å². The number of hydrogen-bond acceptors (Lipinski definition) is 3. The van der Waals surface area contributed by atoms with Crippen LogP contribution in [0.5, 0.6) is 0 Å². The van der Waals surface area contributed by atoms with Gasteiger partial charge in [-0.1, -0.05) is 116 Å². The lowest BCUT2D eigenvalue weighted by Gasteiger charge is -2.25. The van der Waals surface area contributed by atoms with Gasteiger partial charge in [0, 0.05) is 44.7 Å². The zero-order chi connectivity index (χ0) is 34.5. The van der Waals surface area contributed by atoms with Crippen molar-refractivity contribution in [1.82, 2.24) is 0 Å². The van der Waals surface area contributed by atoms with Crippen molar-refractivity contribution in [3.63, 3.8) is 0 Å². The van der Waals surface area contributed by atoms with Crippen molar-refractivity contribution in [2.24, 2.45) is 0 Å². The van der Waals surface area contributed by atoms with E-state index in [1.807, 2.05) is 12.1 Å². The van der Waals surface area contributed by atoms with Gasteiger partial charge < -0.3 is 13.7 Å². The standard InChI is InChI=1S/C47H37NO2Si/c1-51(2,3)39-22-18-34(19-23-39)35-20-26-42-40-24-16-32(28-44(40)49-46(42)30-35)14-15-33-17-25-41-43-27-21-38(31-47(43)50-45(41)29-33)48(36-10-6-4-7-11-36)37-12-8-5-9-13-37/h4-31H,1-3H3/b15-14+. The summed E-state index contributed by atoms with van der Waals surface area (Å²) in [6, 6.07) is 55.9. The van der Waals surface area contributed by atoms with Crippen molar-refractivity contribution >= 4 is 86.4 Å². The van der Waals surface area contributed by atoms with E-state index < -0.39 is 8.07 Å². The lowest BCUT2D eigenvalue weighted by Crippen LogP contribution is -2.37. The topological polar surface area (TPSA) is 29.5 Å². The Kier molecular flexibility index (Phi) is 7.48. The summed E-state index contributed by atoms with van der Waals surface area (Å²) in [6.45, 7) is 7.15. The van der Waals surface area contributed by atoms with Crippen LogP contribution in [0.1, 0.15) is 11.1 Å². The first-order valence-corrected chi connectivity index (χ1v) is 21.0. The van der Waals surface area contributed by atoms with Crippen LogP contribution < -0.4 is 10.1 Å². The first-order valence-electron chi connectivity index (χ1n) is 17.5. The Labute approximate surface area is 298 Å². The van der Waals surface area contributed by atoms with Crippen LogP contribution in [0.15, 0.2) is 167 Å². The van der Waals surface area contributed by atoms with Crippen LogP contribution in [0.25, 0.3) is 67.2 Å². The van der Waals surface area contributed by atoms with Gasteiger partial charge in [-0.2, -0.15) is 0 Å². The Bertz CT molecular complexity index is 2680. The van der Waals surface area contributed by atoms with Gasteiger partial charge >= 0.3 is 0 Å². The van der Waals surface area contributed by atoms with Crippen LogP contribution in [0, 0.1) is 0 Å². The molecule has 0 bridgehead atoms. The van der Waals surface area contributed by atoms with E-state index in [1.165, 1.54) is 16.3 Å². The van der Waals surface area contributed by atoms with Gasteiger partial charge in [-0.25, -0.2) is 0 Å². The fourth-order valence-corrected chi connectivity index (χ4v) is 8.23. The van der Waals surface area contributed by atoms with Crippen molar-refractivity contribution in [3.05, 3.63) is 169 Å². The van der Waals surface area contributed by atoms with Crippen LogP contribution in [0.2, 0.25) is 19.6 Å². The molecule has 0 fully saturated rings. The Balaban J connectivity index is 0.997. The molecule has 3 nitrogen and oxygen atoms in total. The minimum Gasteiger partial charge on any atom is -0.456 e. The molecular weight excluding hydrogens is 639 g/mol. The van der Waals surface area contributed by atoms with Gasteiger partial charge in [0.2, 0.25) is 0 Å². The molecule has 0 aliphatic carbocycles. The van der Waals surface area contributed by atoms with E-state index in [0.717, 1.165) is 72.1 Å². The number of rotatable bonds is 7. The Morgan fingerprint density at radius 2 is 0.863 bits per heavy atom. The summed E-state index contributed by atoms with van der Waals surface area (Å²) in [5.74, 6) is 0. The maximum atomic E-state index is 6.49. The van der Waals surface area contributed by atoms with E-state index in [4.69, 9.17) is 8.83 Å². The predicted octanol–water partition coefficient (Wildman–Crippen LogP) is 13.3. The summed E-state index contributed by atoms with van der Waals surface area (Å²) in [6.07, 6.45) is 4.27. The minimum absolute atomic E-state index is 0.863. The first kappa shape index (κ1) is 30.9. The van der Waals surface area contributed by atoms with Gasteiger partial charge in [0.25, 0.3) is 0 Å². The normalized spacial score (nSPS) is 12.1. The molecule has 246 valence electrons. The molecule has 0 atom stereocenters. The highest BCUT2D eigenvalue weighted by atomic mass is 28.3. The van der Waals surface area contributed by atoms with Crippen molar-refractivity contribution in [2.75, 3.05) is 4.90 Å². The molecule has 0 aliphatic heterocycles. The third-order valence-corrected chi connectivity index (χ3v) is 11.9. The number of nitrogens with zero attached hydrogens (tertiary/aromatic N) is 1. The second-order valence-electron chi connectivity index (χ2n) is 14.3. The summed E-state index contributed by atoms with van der Waals surface area (Å²) < 4.78 is 12.9. The average molecular weight is 676 g/mol. The van der Waals surface area contributed by atoms with E-state index in [1.54, 1.807) is 0 Å². The van der Waals surface area contributed by atoms with Gasteiger partial charge in [0.05, 0.1) is 8.07 Å². The van der Waals surface area contributed by atoms with E-state index >= 15 is 0 Å². The molecule has 0 N–H and O–H groups in total. The Morgan fingerprint density at radius 1 is 0.412 bits per heavy atom. The zero-order valence-corrected chi connectivity index (χ0v) is 29.9. The van der Waals surface area contributed by atoms with Crippen LogP contribution in [0.4, 0.5) is 17.1 Å². The van der Waals surface area contributed by atoms with Gasteiger partial charge in [0.1, 0.15) is 22.3 Å². The molecule has 0 radical (unpaired) electrons. The molecular formula is C47H37NO2Si. The van der Waals surface area contributed by atoms with Crippen molar-refractivity contribution in [2.45, 2.75) is 19.6 Å². The summed E-state index contributed by atoms with van der Waals surface area (Å²) >= 11 is 0. The molecule has 51 heavy (non-hydrogen) atoms. The molecule has 2 heterocycles. The number of benzene rings is 7. The SMILES string of the molecule is C[Si](C)(C)c1ccc(-c2ccc3c(c2)oc2cc(/C=C/c4ccc5c(c4)oc4cc(N(c6ccccc6)c6ccccc6)ccc45)ccc23)cc1. The first-order chi connectivity index (χ1) is 24.9. The minimum atomic E-state index is -1.33. The molecule has 9 aromatic rings. The van der Waals surface area contributed by atoms with Crippen LogP contribution in [0.3, 0.4) is 0 Å². The van der Waals surface area contributed by atoms with E-state index in [9.17, 15) is 0 Å². The molecule has 0 saturated heterocycles. The summed E-state index contributed by atoms with van der Waals surface area (Å²) in [4.78, 5) is 2.26. The lowest BCUT2D eigenvalue weighted by atomic mass is 10.0. The summed E-state index contributed by atoms with van der Waals surface area (Å²) in [7, 11) is -1.33. The maximum Gasteiger partial charge on any atom is 0.137 e. The van der Waals surface area contributed by atoms with E-state index in [0.29, 0.717) is 0 Å². The third-order valence-electron chi connectivity index (χ3n) is 9.82. The molecule has 0 unspecified atom stereocenters. The van der Waals surface area contributed by atoms with Crippen molar-refractivity contribution < 1.29 is 8.83 Å². The Morgan fingerprint density at radius 3 is 1.39 bits per heavy atom. The molecule has 2 aromatic heterocycles. The predicted molar refractivity (Wildman–Crippen MR) is 219 cm³/mol. The highest BCUT2D eigenvalue weighted by Gasteiger charge is 2.17. The van der Waals surface area contributed by atoms with Gasteiger partial charge in [0.15, 0.2) is 0 Å². The molecule has 4 heteroatoms. The monoisotopic (exact) mass is 675 g/mol. The number of para-hydroxylation sites is 2. The highest BCUT2D eigenvalue weighted by molar-refractivity contribution is 6.88. The Hall–Kier alpha value is -6.10. The molecule has 7 aromatic carbocycles. The van der Waals surface area contributed by atoms with Crippen LogP contribution in [-0.4, -0.2) is 8.07 Å². The maximum absolute atomic E-state index is 6.49. The number of fused-ring (bicyclic) bond motifs is 6. The number of furan rings is 2. The highest BCUT2D eigenvalue weighted by Crippen LogP contribution is 2.39. The largest absolute Gasteiger partial charge is 0.456 e. The summed E-state index contributed by atoms with van der Waals surface area (Å²) in [5.41, 5.74) is 11.3. The molecule has 0 aliphatic rings. The number of anilines is 3. The van der Waals surface area contributed by atoms with Gasteiger partial charge in [-0.05, 0) is 95.1 Å². The van der Waals surface area contributed by atoms with Crippen molar-refractivity contribution in [1.29, 1.82) is 0 Å². The van der Waals surface area contributed by atoms with Crippen LogP contribution in [-0.2, 0) is 0 Å². The fourth-order valence-electron chi connectivity index (χ4n) is 7.06. The molecule has 0 amide bonds. The molecule has 0 spiro atoms. The zero-order valence-electron chi connectivity index (χ0n) is 28.9.